The molecule has 30 heavy (non-hydrogen) atoms. The molecule has 3 heterocycles. The minimum absolute atomic E-state index is 0.127. The third kappa shape index (κ3) is 3.59. The van der Waals surface area contributed by atoms with E-state index in [9.17, 15) is 4.79 Å². The number of benzene rings is 2. The zero-order chi connectivity index (χ0) is 20.5. The predicted molar refractivity (Wildman–Crippen MR) is 127 cm³/mol. The molecule has 0 unspecified atom stereocenters. The van der Waals surface area contributed by atoms with Crippen molar-refractivity contribution in [2.75, 3.05) is 5.32 Å². The molecule has 0 fully saturated rings. The standard InChI is InChI=1S/C22H14IN5OS/c23-17-5-2-1-4-16(17)22(29)24-15-9-7-14(8-10-15)18-11-12-20-25-26-21(28(20)27-18)19-6-3-13-30-19/h1-13H,(H,24,29). The molecule has 0 radical (unpaired) electrons. The Labute approximate surface area is 189 Å². The molecule has 1 amide bonds. The highest BCUT2D eigenvalue weighted by Crippen LogP contribution is 2.25. The van der Waals surface area contributed by atoms with Gasteiger partial charge in [0.1, 0.15) is 0 Å². The van der Waals surface area contributed by atoms with E-state index in [1.807, 2.05) is 78.2 Å². The summed E-state index contributed by atoms with van der Waals surface area (Å²) in [6.07, 6.45) is 0. The Morgan fingerprint density at radius 1 is 0.933 bits per heavy atom. The molecule has 0 bridgehead atoms. The van der Waals surface area contributed by atoms with Crippen LogP contribution in [0.25, 0.3) is 27.6 Å². The largest absolute Gasteiger partial charge is 0.322 e. The fourth-order valence-corrected chi connectivity index (χ4v) is 4.40. The number of nitrogens with zero attached hydrogens (tertiary/aromatic N) is 4. The number of nitrogens with one attached hydrogen (secondary N) is 1. The van der Waals surface area contributed by atoms with E-state index in [4.69, 9.17) is 5.10 Å². The van der Waals surface area contributed by atoms with Gasteiger partial charge in [-0.05, 0) is 70.4 Å². The summed E-state index contributed by atoms with van der Waals surface area (Å²) in [5.74, 6) is 0.598. The molecule has 3 aromatic heterocycles. The Morgan fingerprint density at radius 2 is 1.77 bits per heavy atom. The maximum Gasteiger partial charge on any atom is 0.256 e. The van der Waals surface area contributed by atoms with Crippen LogP contribution in [0.5, 0.6) is 0 Å². The van der Waals surface area contributed by atoms with E-state index in [0.717, 1.165) is 31.2 Å². The molecule has 6 nitrogen and oxygen atoms in total. The van der Waals surface area contributed by atoms with Crippen LogP contribution >= 0.6 is 33.9 Å². The van der Waals surface area contributed by atoms with E-state index in [2.05, 4.69) is 38.1 Å². The molecule has 5 rings (SSSR count). The third-order valence-electron chi connectivity index (χ3n) is 4.56. The zero-order valence-electron chi connectivity index (χ0n) is 15.5. The van der Waals surface area contributed by atoms with Gasteiger partial charge in [-0.2, -0.15) is 9.61 Å². The van der Waals surface area contributed by atoms with Gasteiger partial charge < -0.3 is 5.32 Å². The van der Waals surface area contributed by atoms with Gasteiger partial charge in [0.2, 0.25) is 0 Å². The molecule has 1 N–H and O–H groups in total. The van der Waals surface area contributed by atoms with Gasteiger partial charge in [-0.25, -0.2) is 0 Å². The first kappa shape index (κ1) is 18.9. The van der Waals surface area contributed by atoms with E-state index in [-0.39, 0.29) is 5.91 Å². The van der Waals surface area contributed by atoms with Crippen LogP contribution in [-0.4, -0.2) is 25.7 Å². The second-order valence-corrected chi connectivity index (χ2v) is 8.61. The lowest BCUT2D eigenvalue weighted by atomic mass is 10.1. The van der Waals surface area contributed by atoms with Crippen molar-refractivity contribution in [3.05, 3.63) is 87.3 Å². The van der Waals surface area contributed by atoms with Gasteiger partial charge in [0.25, 0.3) is 5.91 Å². The van der Waals surface area contributed by atoms with Crippen molar-refractivity contribution in [2.45, 2.75) is 0 Å². The molecule has 0 aliphatic heterocycles. The molecule has 0 aliphatic rings. The number of hydrogen-bond acceptors (Lipinski definition) is 5. The predicted octanol–water partition coefficient (Wildman–Crippen LogP) is 5.38. The number of halogens is 1. The summed E-state index contributed by atoms with van der Waals surface area (Å²) in [6, 6.07) is 22.9. The van der Waals surface area contributed by atoms with Crippen molar-refractivity contribution < 1.29 is 4.79 Å². The molecule has 0 aliphatic carbocycles. The third-order valence-corrected chi connectivity index (χ3v) is 6.37. The average Bonchev–Trinajstić information content (AvgIpc) is 3.43. The number of aromatic nitrogens is 4. The molecule has 0 atom stereocenters. The molecule has 0 saturated carbocycles. The molecule has 0 saturated heterocycles. The molecular formula is C22H14IN5OS. The van der Waals surface area contributed by atoms with E-state index in [1.165, 1.54) is 0 Å². The Bertz CT molecular complexity index is 1350. The SMILES string of the molecule is O=C(Nc1ccc(-c2ccc3nnc(-c4cccs4)n3n2)cc1)c1ccccc1I. The minimum Gasteiger partial charge on any atom is -0.322 e. The second kappa shape index (κ2) is 7.96. The number of hydrogen-bond donors (Lipinski definition) is 1. The van der Waals surface area contributed by atoms with Crippen molar-refractivity contribution >= 4 is 51.2 Å². The van der Waals surface area contributed by atoms with Gasteiger partial charge in [-0.15, -0.1) is 21.5 Å². The van der Waals surface area contributed by atoms with Gasteiger partial charge in [-0.3, -0.25) is 4.79 Å². The Balaban J connectivity index is 1.41. The van der Waals surface area contributed by atoms with Crippen molar-refractivity contribution in [2.24, 2.45) is 0 Å². The minimum atomic E-state index is -0.127. The molecule has 0 spiro atoms. The maximum atomic E-state index is 12.5. The zero-order valence-corrected chi connectivity index (χ0v) is 18.5. The molecule has 5 aromatic rings. The van der Waals surface area contributed by atoms with Crippen LogP contribution in [-0.2, 0) is 0 Å². The van der Waals surface area contributed by atoms with Crippen LogP contribution < -0.4 is 5.32 Å². The van der Waals surface area contributed by atoms with E-state index >= 15 is 0 Å². The summed E-state index contributed by atoms with van der Waals surface area (Å²) < 4.78 is 2.67. The number of carbonyl (C=O) groups excluding carboxylic acids is 1. The highest BCUT2D eigenvalue weighted by atomic mass is 127. The Morgan fingerprint density at radius 3 is 2.53 bits per heavy atom. The quantitative estimate of drug-likeness (QED) is 0.322. The van der Waals surface area contributed by atoms with Crippen LogP contribution in [0.2, 0.25) is 0 Å². The summed E-state index contributed by atoms with van der Waals surface area (Å²) in [7, 11) is 0. The summed E-state index contributed by atoms with van der Waals surface area (Å²) in [6.45, 7) is 0. The van der Waals surface area contributed by atoms with Gasteiger partial charge in [-0.1, -0.05) is 30.3 Å². The summed E-state index contributed by atoms with van der Waals surface area (Å²) in [5, 5.41) is 18.1. The van der Waals surface area contributed by atoms with Crippen molar-refractivity contribution in [3.63, 3.8) is 0 Å². The number of fused-ring (bicyclic) bond motifs is 1. The lowest BCUT2D eigenvalue weighted by Crippen LogP contribution is -2.13. The summed E-state index contributed by atoms with van der Waals surface area (Å²) in [5.41, 5.74) is 3.82. The number of amides is 1. The highest BCUT2D eigenvalue weighted by molar-refractivity contribution is 14.1. The first-order valence-corrected chi connectivity index (χ1v) is 11.1. The summed E-state index contributed by atoms with van der Waals surface area (Å²) >= 11 is 3.76. The van der Waals surface area contributed by atoms with E-state index < -0.39 is 0 Å². The smallest absolute Gasteiger partial charge is 0.256 e. The molecule has 2 aromatic carbocycles. The average molecular weight is 523 g/mol. The lowest BCUT2D eigenvalue weighted by molar-refractivity contribution is 0.102. The van der Waals surface area contributed by atoms with E-state index in [0.29, 0.717) is 11.2 Å². The topological polar surface area (TPSA) is 72.2 Å². The maximum absolute atomic E-state index is 12.5. The molecular weight excluding hydrogens is 509 g/mol. The van der Waals surface area contributed by atoms with Crippen molar-refractivity contribution in [3.8, 4) is 22.0 Å². The Hall–Kier alpha value is -3.11. The number of anilines is 1. The lowest BCUT2D eigenvalue weighted by Gasteiger charge is -2.08. The first-order valence-electron chi connectivity index (χ1n) is 9.12. The number of thiophene rings is 1. The first-order chi connectivity index (χ1) is 14.7. The van der Waals surface area contributed by atoms with Gasteiger partial charge >= 0.3 is 0 Å². The number of carbonyl (C=O) groups is 1. The van der Waals surface area contributed by atoms with Crippen molar-refractivity contribution in [1.82, 2.24) is 19.8 Å². The van der Waals surface area contributed by atoms with Gasteiger partial charge in [0.15, 0.2) is 11.5 Å². The monoisotopic (exact) mass is 523 g/mol. The fraction of sp³-hybridized carbons (Fsp3) is 0. The van der Waals surface area contributed by atoms with Crippen LogP contribution in [0.4, 0.5) is 5.69 Å². The van der Waals surface area contributed by atoms with E-state index in [1.54, 1.807) is 15.9 Å². The molecule has 8 heteroatoms. The van der Waals surface area contributed by atoms with Crippen LogP contribution in [0.3, 0.4) is 0 Å². The molecule has 146 valence electrons. The highest BCUT2D eigenvalue weighted by Gasteiger charge is 2.12. The van der Waals surface area contributed by atoms with Gasteiger partial charge in [0.05, 0.1) is 16.1 Å². The van der Waals surface area contributed by atoms with Gasteiger partial charge in [0, 0.05) is 14.8 Å². The fourth-order valence-electron chi connectivity index (χ4n) is 3.07. The normalized spacial score (nSPS) is 11.0. The summed E-state index contributed by atoms with van der Waals surface area (Å²) in [4.78, 5) is 13.5. The van der Waals surface area contributed by atoms with Crippen LogP contribution in [0.1, 0.15) is 10.4 Å². The van der Waals surface area contributed by atoms with Crippen LogP contribution in [0.15, 0.2) is 78.2 Å². The van der Waals surface area contributed by atoms with Crippen LogP contribution in [0, 0.1) is 3.57 Å². The Kier molecular flexibility index (Phi) is 5.01. The number of rotatable bonds is 4. The van der Waals surface area contributed by atoms with Crippen molar-refractivity contribution in [1.29, 1.82) is 0 Å². The second-order valence-electron chi connectivity index (χ2n) is 6.50.